The average Bonchev–Trinajstić information content (AvgIpc) is 2.02. The summed E-state index contributed by atoms with van der Waals surface area (Å²) >= 11 is 9.22. The first-order valence-corrected chi connectivity index (χ1v) is 5.42. The van der Waals surface area contributed by atoms with Crippen molar-refractivity contribution in [1.29, 1.82) is 0 Å². The summed E-state index contributed by atoms with van der Waals surface area (Å²) in [4.78, 5) is 0. The quantitative estimate of drug-likeness (QED) is 0.267. The van der Waals surface area contributed by atoms with Crippen LogP contribution in [-0.4, -0.2) is 11.0 Å². The average molecular weight is 228 g/mol. The Bertz CT molecular complexity index is 120. The molecule has 0 saturated heterocycles. The molecule has 0 aliphatic heterocycles. The Labute approximate surface area is 115 Å². The van der Waals surface area contributed by atoms with E-state index >= 15 is 0 Å². The van der Waals surface area contributed by atoms with E-state index in [1.165, 1.54) is 32.1 Å². The van der Waals surface area contributed by atoms with Gasteiger partial charge in [-0.05, 0) is 6.42 Å². The summed E-state index contributed by atoms with van der Waals surface area (Å²) in [5.41, 5.74) is 0. The van der Waals surface area contributed by atoms with E-state index in [1.54, 1.807) is 0 Å². The van der Waals surface area contributed by atoms with Crippen LogP contribution >= 0.6 is 12.2 Å². The van der Waals surface area contributed by atoms with Gasteiger partial charge in [0.1, 0.15) is 0 Å². The van der Waals surface area contributed by atoms with E-state index in [9.17, 15) is 0 Å². The molecule has 0 aromatic heterocycles. The van der Waals surface area contributed by atoms with Crippen molar-refractivity contribution in [3.05, 3.63) is 0 Å². The topological polar surface area (TPSA) is 9.23 Å². The predicted molar refractivity (Wildman–Crippen MR) is 59.3 cm³/mol. The maximum Gasteiger partial charge on any atom is 1.00 e. The van der Waals surface area contributed by atoms with Crippen LogP contribution < -0.4 is 29.6 Å². The fraction of sp³-hybridized carbons (Fsp3) is 0.889. The summed E-state index contributed by atoms with van der Waals surface area (Å²) in [6, 6.07) is 0. The third-order valence-electron chi connectivity index (χ3n) is 1.72. The molecule has 0 atom stereocenters. The van der Waals surface area contributed by atoms with Crippen LogP contribution in [0.15, 0.2) is 0 Å². The van der Waals surface area contributed by atoms with Crippen molar-refractivity contribution in [2.75, 3.05) is 6.61 Å². The number of ether oxygens (including phenoxy) is 1. The Hall–Kier alpha value is 1.11. The first kappa shape index (κ1) is 16.5. The Morgan fingerprint density at radius 2 is 1.69 bits per heavy atom. The van der Waals surface area contributed by atoms with E-state index in [1.807, 2.05) is 0 Å². The summed E-state index contributed by atoms with van der Waals surface area (Å²) in [6.45, 7) is 2.92. The van der Waals surface area contributed by atoms with Gasteiger partial charge in [0, 0.05) is 4.38 Å². The van der Waals surface area contributed by atoms with Crippen LogP contribution in [-0.2, 0) is 17.4 Å². The molecule has 0 fully saturated rings. The van der Waals surface area contributed by atoms with E-state index in [-0.39, 0.29) is 33.9 Å². The summed E-state index contributed by atoms with van der Waals surface area (Å²) in [7, 11) is 0. The molecule has 0 N–H and O–H groups in total. The van der Waals surface area contributed by atoms with E-state index < -0.39 is 0 Å². The van der Waals surface area contributed by atoms with E-state index in [2.05, 4.69) is 31.8 Å². The second kappa shape index (κ2) is 13.1. The van der Waals surface area contributed by atoms with Gasteiger partial charge >= 0.3 is 29.6 Å². The Kier molecular flexibility index (Phi) is 16.7. The zero-order chi connectivity index (χ0) is 9.23. The Balaban J connectivity index is 0. The van der Waals surface area contributed by atoms with Crippen molar-refractivity contribution in [3.63, 3.8) is 0 Å². The fourth-order valence-corrected chi connectivity index (χ4v) is 1.20. The molecule has 0 spiro atoms. The molecule has 0 radical (unpaired) electrons. The minimum absolute atomic E-state index is 0. The molecule has 0 heterocycles. The molecule has 0 aliphatic carbocycles. The Morgan fingerprint density at radius 3 is 2.23 bits per heavy atom. The molecule has 13 heavy (non-hydrogen) atoms. The van der Waals surface area contributed by atoms with Gasteiger partial charge in [-0.3, -0.25) is 0 Å². The molecule has 0 unspecified atom stereocenters. The van der Waals surface area contributed by atoms with Crippen molar-refractivity contribution >= 4 is 29.2 Å². The number of hydrogen-bond donors (Lipinski definition) is 0. The molecule has 0 bridgehead atoms. The van der Waals surface area contributed by atoms with Crippen LogP contribution in [0, 0.1) is 0 Å². The maximum absolute atomic E-state index is 4.99. The monoisotopic (exact) mass is 228 g/mol. The van der Waals surface area contributed by atoms with Gasteiger partial charge in [0.2, 0.25) is 0 Å². The summed E-state index contributed by atoms with van der Waals surface area (Å²) in [5.74, 6) is 0. The van der Waals surface area contributed by atoms with Crippen LogP contribution in [0.4, 0.5) is 0 Å². The van der Waals surface area contributed by atoms with Crippen molar-refractivity contribution in [1.82, 2.24) is 0 Å². The normalized spacial score (nSPS) is 9.00. The van der Waals surface area contributed by atoms with Gasteiger partial charge < -0.3 is 29.6 Å². The van der Waals surface area contributed by atoms with Gasteiger partial charge in [-0.15, -0.1) is 0 Å². The second-order valence-electron chi connectivity index (χ2n) is 2.87. The fourth-order valence-electron chi connectivity index (χ4n) is 1.04. The van der Waals surface area contributed by atoms with E-state index in [0.717, 1.165) is 6.42 Å². The smallest absolute Gasteiger partial charge is 0.514 e. The largest absolute Gasteiger partial charge is 1.00 e. The number of rotatable bonds is 7. The van der Waals surface area contributed by atoms with Crippen molar-refractivity contribution < 1.29 is 34.3 Å². The van der Waals surface area contributed by atoms with Crippen molar-refractivity contribution in [2.45, 2.75) is 45.4 Å². The van der Waals surface area contributed by atoms with Crippen LogP contribution in [0.1, 0.15) is 45.4 Å². The van der Waals surface area contributed by atoms with E-state index in [0.29, 0.717) is 6.61 Å². The SMILES string of the molecule is CCCCCCCCOC(=S)[S-].[Na+]. The number of unbranched alkanes of at least 4 members (excludes halogenated alkanes) is 5. The van der Waals surface area contributed by atoms with Gasteiger partial charge in [0.25, 0.3) is 0 Å². The zero-order valence-corrected chi connectivity index (χ0v) is 12.3. The zero-order valence-electron chi connectivity index (χ0n) is 8.67. The first-order valence-electron chi connectivity index (χ1n) is 4.61. The molecule has 0 aromatic carbocycles. The maximum atomic E-state index is 4.99. The van der Waals surface area contributed by atoms with Crippen molar-refractivity contribution in [3.8, 4) is 0 Å². The Morgan fingerprint density at radius 1 is 1.15 bits per heavy atom. The minimum Gasteiger partial charge on any atom is -0.514 e. The molecule has 4 heteroatoms. The van der Waals surface area contributed by atoms with Crippen LogP contribution in [0.25, 0.3) is 0 Å². The van der Waals surface area contributed by atoms with Crippen LogP contribution in [0.5, 0.6) is 0 Å². The molecule has 0 aliphatic rings. The molecule has 1 nitrogen and oxygen atoms in total. The molecule has 0 aromatic rings. The summed E-state index contributed by atoms with van der Waals surface area (Å²) in [6.07, 6.45) is 7.61. The van der Waals surface area contributed by atoms with Crippen LogP contribution in [0.3, 0.4) is 0 Å². The third kappa shape index (κ3) is 15.8. The summed E-state index contributed by atoms with van der Waals surface area (Å²) in [5, 5.41) is 0. The standard InChI is InChI=1S/C9H18OS2.Na/c1-2-3-4-5-6-7-8-10-9(11)12;/h2-8H2,1H3,(H,11,12);/q;+1/p-1. The molecule has 0 saturated carbocycles. The number of thiocarbonyl (C=S) groups is 1. The van der Waals surface area contributed by atoms with Gasteiger partial charge in [0.05, 0.1) is 6.61 Å². The molecule has 72 valence electrons. The number of hydrogen-bond acceptors (Lipinski definition) is 3. The first-order chi connectivity index (χ1) is 5.77. The van der Waals surface area contributed by atoms with Gasteiger partial charge in [-0.2, -0.15) is 0 Å². The molecular weight excluding hydrogens is 211 g/mol. The predicted octanol–water partition coefficient (Wildman–Crippen LogP) is 0.199. The van der Waals surface area contributed by atoms with Gasteiger partial charge in [-0.1, -0.05) is 39.0 Å². The van der Waals surface area contributed by atoms with E-state index in [4.69, 9.17) is 4.74 Å². The molecular formula is C9H17NaOS2. The molecule has 0 amide bonds. The van der Waals surface area contributed by atoms with Gasteiger partial charge in [0.15, 0.2) is 0 Å². The van der Waals surface area contributed by atoms with Gasteiger partial charge in [-0.25, -0.2) is 0 Å². The third-order valence-corrected chi connectivity index (χ3v) is 1.95. The minimum atomic E-state index is 0. The second-order valence-corrected chi connectivity index (χ2v) is 3.87. The van der Waals surface area contributed by atoms with Crippen molar-refractivity contribution in [2.24, 2.45) is 0 Å². The summed E-state index contributed by atoms with van der Waals surface area (Å²) < 4.78 is 5.25. The molecule has 0 rings (SSSR count). The van der Waals surface area contributed by atoms with Crippen LogP contribution in [0.2, 0.25) is 0 Å².